The van der Waals surface area contributed by atoms with Crippen molar-refractivity contribution in [2.75, 3.05) is 12.9 Å². The molecule has 0 fully saturated rings. The number of amides is 1. The van der Waals surface area contributed by atoms with Gasteiger partial charge in [-0.15, -0.1) is 0 Å². The summed E-state index contributed by atoms with van der Waals surface area (Å²) in [6, 6.07) is 9.17. The van der Waals surface area contributed by atoms with Crippen molar-refractivity contribution in [3.8, 4) is 0 Å². The molecule has 0 radical (unpaired) electrons. The lowest BCUT2D eigenvalue weighted by Crippen LogP contribution is -2.50. The van der Waals surface area contributed by atoms with Crippen molar-refractivity contribution in [2.24, 2.45) is 0 Å². The number of hydrogen-bond donors (Lipinski definition) is 0. The lowest BCUT2D eigenvalue weighted by Gasteiger charge is -2.42. The number of nitrogens with zero attached hydrogens (tertiary/aromatic N) is 1. The van der Waals surface area contributed by atoms with Gasteiger partial charge in [-0.2, -0.15) is 4.18 Å². The first-order valence-electron chi connectivity index (χ1n) is 10.3. The van der Waals surface area contributed by atoms with E-state index < -0.39 is 11.6 Å². The van der Waals surface area contributed by atoms with Crippen LogP contribution in [0.2, 0.25) is 0 Å². The van der Waals surface area contributed by atoms with Gasteiger partial charge in [0, 0.05) is 10.0 Å². The number of halogens is 3. The van der Waals surface area contributed by atoms with Crippen LogP contribution >= 0.6 is 15.9 Å². The summed E-state index contributed by atoms with van der Waals surface area (Å²) in [6.07, 6.45) is 2.35. The summed E-state index contributed by atoms with van der Waals surface area (Å²) in [7, 11) is 0. The predicted molar refractivity (Wildman–Crippen MR) is 126 cm³/mol. The van der Waals surface area contributed by atoms with Crippen molar-refractivity contribution in [3.63, 3.8) is 0 Å². The van der Waals surface area contributed by atoms with Crippen LogP contribution in [-0.2, 0) is 33.0 Å². The second kappa shape index (κ2) is 9.59. The number of fused-ring (bicyclic) bond motifs is 1. The predicted octanol–water partition coefficient (Wildman–Crippen LogP) is 5.76. The van der Waals surface area contributed by atoms with Gasteiger partial charge >= 0.3 is 0 Å². The molecular formula is C24H29BrF2NO2S+. The SMILES string of the molecule is C[C@H]1c2cccc(Br)c2C[C@H](CO[S+](C)C(C)(C)C)N1C(=O)Cc1c(F)cccc1F. The first kappa shape index (κ1) is 24.2. The molecule has 1 aliphatic rings. The molecule has 168 valence electrons. The van der Waals surface area contributed by atoms with Gasteiger partial charge in [-0.1, -0.05) is 34.1 Å². The van der Waals surface area contributed by atoms with Crippen LogP contribution in [0, 0.1) is 11.6 Å². The highest BCUT2D eigenvalue weighted by atomic mass is 79.9. The van der Waals surface area contributed by atoms with E-state index in [0.29, 0.717) is 13.0 Å². The molecule has 3 rings (SSSR count). The summed E-state index contributed by atoms with van der Waals surface area (Å²) in [4.78, 5) is 15.1. The Bertz CT molecular complexity index is 943. The van der Waals surface area contributed by atoms with Crippen LogP contribution in [-0.4, -0.2) is 34.5 Å². The highest BCUT2D eigenvalue weighted by Gasteiger charge is 2.39. The number of rotatable bonds is 5. The van der Waals surface area contributed by atoms with Gasteiger partial charge in [0.05, 0.1) is 18.5 Å². The van der Waals surface area contributed by atoms with Gasteiger partial charge in [-0.3, -0.25) is 4.79 Å². The van der Waals surface area contributed by atoms with Crippen LogP contribution in [0.3, 0.4) is 0 Å². The topological polar surface area (TPSA) is 29.5 Å². The fraction of sp³-hybridized carbons (Fsp3) is 0.458. The molecule has 0 aliphatic carbocycles. The summed E-state index contributed by atoms with van der Waals surface area (Å²) in [5.74, 6) is -1.70. The maximum atomic E-state index is 14.2. The summed E-state index contributed by atoms with van der Waals surface area (Å²) in [5, 5.41) is 0. The highest BCUT2D eigenvalue weighted by molar-refractivity contribution is 9.10. The fourth-order valence-corrected chi connectivity index (χ4v) is 5.10. The lowest BCUT2D eigenvalue weighted by molar-refractivity contribution is -0.136. The minimum absolute atomic E-state index is 0.0100. The molecule has 3 atom stereocenters. The minimum atomic E-state index is -0.697. The lowest BCUT2D eigenvalue weighted by atomic mass is 9.88. The molecule has 0 N–H and O–H groups in total. The Balaban J connectivity index is 1.92. The van der Waals surface area contributed by atoms with Crippen molar-refractivity contribution in [1.82, 2.24) is 4.90 Å². The van der Waals surface area contributed by atoms with Crippen molar-refractivity contribution >= 4 is 33.0 Å². The van der Waals surface area contributed by atoms with Crippen molar-refractivity contribution in [2.45, 2.75) is 57.4 Å². The quantitative estimate of drug-likeness (QED) is 0.476. The van der Waals surface area contributed by atoms with Crippen molar-refractivity contribution in [1.29, 1.82) is 0 Å². The van der Waals surface area contributed by atoms with E-state index in [-0.39, 0.29) is 45.9 Å². The monoisotopic (exact) mass is 512 g/mol. The van der Waals surface area contributed by atoms with Crippen molar-refractivity contribution < 1.29 is 17.8 Å². The number of hydrogen-bond acceptors (Lipinski definition) is 2. The molecule has 7 heteroatoms. The molecule has 2 aromatic carbocycles. The second-order valence-corrected chi connectivity index (χ2v) is 12.1. The van der Waals surface area contributed by atoms with Crippen LogP contribution in [0.5, 0.6) is 0 Å². The molecule has 2 aromatic rings. The number of carbonyl (C=O) groups excluding carboxylic acids is 1. The molecule has 1 unspecified atom stereocenters. The maximum Gasteiger partial charge on any atom is 0.228 e. The average molecular weight is 513 g/mol. The molecule has 0 aromatic heterocycles. The molecule has 0 saturated heterocycles. The van der Waals surface area contributed by atoms with Crippen molar-refractivity contribution in [3.05, 3.63) is 69.2 Å². The minimum Gasteiger partial charge on any atom is -0.330 e. The van der Waals surface area contributed by atoms with Gasteiger partial charge in [0.15, 0.2) is 4.75 Å². The van der Waals surface area contributed by atoms with Crippen LogP contribution in [0.1, 0.15) is 50.4 Å². The molecule has 31 heavy (non-hydrogen) atoms. The first-order valence-corrected chi connectivity index (χ1v) is 12.7. The van der Waals surface area contributed by atoms with Gasteiger partial charge in [0.1, 0.15) is 35.7 Å². The Labute approximate surface area is 194 Å². The van der Waals surface area contributed by atoms with E-state index in [0.717, 1.165) is 15.6 Å². The standard InChI is InChI=1S/C24H29BrF2NO2S/c1-15-17-8-6-9-20(25)18(17)12-16(14-30-31(5)24(2,3)4)28(15)23(29)13-19-21(26)10-7-11-22(19)27/h6-11,15-16H,12-14H2,1-5H3/q+1/t15-,16+,31?/m0/s1. The molecular weight excluding hydrogens is 484 g/mol. The Morgan fingerprint density at radius 1 is 1.19 bits per heavy atom. The zero-order valence-electron chi connectivity index (χ0n) is 18.5. The molecule has 0 saturated carbocycles. The first-order chi connectivity index (χ1) is 14.5. The third-order valence-electron chi connectivity index (χ3n) is 5.83. The van der Waals surface area contributed by atoms with Gasteiger partial charge in [0.25, 0.3) is 0 Å². The van der Waals surface area contributed by atoms with E-state index >= 15 is 0 Å². The Kier molecular flexibility index (Phi) is 7.49. The van der Waals surface area contributed by atoms with Crippen LogP contribution in [0.15, 0.2) is 40.9 Å². The smallest absolute Gasteiger partial charge is 0.228 e. The van der Waals surface area contributed by atoms with Gasteiger partial charge < -0.3 is 4.90 Å². The summed E-state index contributed by atoms with van der Waals surface area (Å²) in [5.41, 5.74) is 2.00. The zero-order chi connectivity index (χ0) is 22.9. The second-order valence-electron chi connectivity index (χ2n) is 8.87. The van der Waals surface area contributed by atoms with E-state index in [9.17, 15) is 13.6 Å². The molecule has 0 bridgehead atoms. The van der Waals surface area contributed by atoms with E-state index in [1.54, 1.807) is 4.90 Å². The van der Waals surface area contributed by atoms with Gasteiger partial charge in [-0.05, 0) is 63.4 Å². The average Bonchev–Trinajstić information content (AvgIpc) is 2.69. The Morgan fingerprint density at radius 3 is 2.42 bits per heavy atom. The maximum absolute atomic E-state index is 14.2. The molecule has 0 spiro atoms. The zero-order valence-corrected chi connectivity index (χ0v) is 20.9. The fourth-order valence-electron chi connectivity index (χ4n) is 3.84. The van der Waals surface area contributed by atoms with Gasteiger partial charge in [-0.25, -0.2) is 8.78 Å². The molecule has 1 aliphatic heterocycles. The van der Waals surface area contributed by atoms with E-state index in [2.05, 4.69) is 43.0 Å². The molecule has 1 heterocycles. The third-order valence-corrected chi connectivity index (χ3v) is 8.79. The number of benzene rings is 2. The van der Waals surface area contributed by atoms with Crippen LogP contribution in [0.4, 0.5) is 8.78 Å². The molecule has 3 nitrogen and oxygen atoms in total. The largest absolute Gasteiger partial charge is 0.330 e. The summed E-state index contributed by atoms with van der Waals surface area (Å²) < 4.78 is 35.6. The Morgan fingerprint density at radius 2 is 1.81 bits per heavy atom. The Hall–Kier alpha value is -1.44. The normalized spacial score (nSPS) is 19.8. The summed E-state index contributed by atoms with van der Waals surface area (Å²) in [6.45, 7) is 8.69. The number of carbonyl (C=O) groups is 1. The van der Waals surface area contributed by atoms with Gasteiger partial charge in [0.2, 0.25) is 5.91 Å². The van der Waals surface area contributed by atoms with Crippen LogP contribution in [0.25, 0.3) is 0 Å². The third kappa shape index (κ3) is 5.32. The van der Waals surface area contributed by atoms with E-state index in [1.807, 2.05) is 25.1 Å². The van der Waals surface area contributed by atoms with E-state index in [1.165, 1.54) is 18.2 Å². The van der Waals surface area contributed by atoms with E-state index in [4.69, 9.17) is 4.18 Å². The molecule has 1 amide bonds. The highest BCUT2D eigenvalue weighted by Crippen LogP contribution is 2.37. The van der Waals surface area contributed by atoms with Crippen LogP contribution < -0.4 is 0 Å². The summed E-state index contributed by atoms with van der Waals surface area (Å²) >= 11 is 3.33.